The van der Waals surface area contributed by atoms with Crippen LogP contribution in [0.4, 0.5) is 10.5 Å². The van der Waals surface area contributed by atoms with E-state index >= 15 is 0 Å². The fourth-order valence-corrected chi connectivity index (χ4v) is 4.28. The lowest BCUT2D eigenvalue weighted by Crippen LogP contribution is -2.53. The zero-order chi connectivity index (χ0) is 28.6. The van der Waals surface area contributed by atoms with Crippen molar-refractivity contribution in [3.05, 3.63) is 23.8 Å². The zero-order valence-electron chi connectivity index (χ0n) is 24.0. The number of carbonyl (C=O) groups excluding carboxylic acids is 4. The minimum absolute atomic E-state index is 0.178. The summed E-state index contributed by atoms with van der Waals surface area (Å²) in [6, 6.07) is 4.02. The Kier molecular flexibility index (Phi) is 11.0. The lowest BCUT2D eigenvalue weighted by Gasteiger charge is -2.34. The van der Waals surface area contributed by atoms with E-state index in [1.54, 1.807) is 38.7 Å². The van der Waals surface area contributed by atoms with Crippen LogP contribution in [0.15, 0.2) is 18.2 Å². The van der Waals surface area contributed by atoms with Crippen LogP contribution in [0.3, 0.4) is 0 Å². The highest BCUT2D eigenvalue weighted by molar-refractivity contribution is 5.98. The van der Waals surface area contributed by atoms with E-state index in [1.165, 1.54) is 7.11 Å². The molecule has 0 saturated carbocycles. The maximum absolute atomic E-state index is 13.2. The van der Waals surface area contributed by atoms with Crippen LogP contribution in [0.1, 0.15) is 66.4 Å². The monoisotopic (exact) mass is 532 g/mol. The molecule has 1 fully saturated rings. The van der Waals surface area contributed by atoms with Gasteiger partial charge in [-0.25, -0.2) is 4.79 Å². The van der Waals surface area contributed by atoms with Gasteiger partial charge in [0.15, 0.2) is 0 Å². The Labute approximate surface area is 226 Å². The molecule has 10 heteroatoms. The van der Waals surface area contributed by atoms with Crippen LogP contribution in [0.25, 0.3) is 0 Å². The topological polar surface area (TPSA) is 126 Å². The summed E-state index contributed by atoms with van der Waals surface area (Å²) in [5, 5.41) is 8.33. The molecule has 1 aromatic rings. The van der Waals surface area contributed by atoms with Gasteiger partial charge >= 0.3 is 6.09 Å². The Bertz CT molecular complexity index is 996. The third-order valence-electron chi connectivity index (χ3n) is 6.24. The molecule has 0 aliphatic carbocycles. The Balaban J connectivity index is 1.91. The van der Waals surface area contributed by atoms with Crippen molar-refractivity contribution in [1.82, 2.24) is 15.5 Å². The van der Waals surface area contributed by atoms with Crippen LogP contribution in [0.2, 0.25) is 0 Å². The third kappa shape index (κ3) is 9.54. The number of benzene rings is 1. The Morgan fingerprint density at radius 3 is 2.24 bits per heavy atom. The van der Waals surface area contributed by atoms with Crippen LogP contribution in [-0.4, -0.2) is 66.6 Å². The van der Waals surface area contributed by atoms with Crippen molar-refractivity contribution in [2.45, 2.75) is 85.4 Å². The Hall–Kier alpha value is -3.30. The molecule has 3 N–H and O–H groups in total. The van der Waals surface area contributed by atoms with Crippen molar-refractivity contribution >= 4 is 29.5 Å². The highest BCUT2D eigenvalue weighted by Gasteiger charge is 2.33. The Morgan fingerprint density at radius 2 is 1.68 bits per heavy atom. The van der Waals surface area contributed by atoms with Crippen molar-refractivity contribution in [1.29, 1.82) is 0 Å². The fourth-order valence-electron chi connectivity index (χ4n) is 4.28. The van der Waals surface area contributed by atoms with Gasteiger partial charge in [0.25, 0.3) is 0 Å². The molecule has 0 spiro atoms. The van der Waals surface area contributed by atoms with E-state index in [0.29, 0.717) is 43.8 Å². The third-order valence-corrected chi connectivity index (χ3v) is 6.24. The van der Waals surface area contributed by atoms with E-state index in [4.69, 9.17) is 9.47 Å². The number of aryl methyl sites for hydroxylation is 1. The molecule has 1 aromatic carbocycles. The lowest BCUT2D eigenvalue weighted by molar-refractivity contribution is -0.138. The van der Waals surface area contributed by atoms with E-state index < -0.39 is 23.8 Å². The molecule has 2 rings (SSSR count). The standard InChI is InChI=1S/C28H44N4O6/c1-17(2)15-22(31-27(36)38-28(5,6)7)26(35)32-13-11-20(12-14-32)25(34)29-19(4)24(33)30-21-16-18(3)9-10-23(21)37-8/h9-10,16-17,19-20,22H,11-15H2,1-8H3,(H,29,34)(H,30,33)(H,31,36). The predicted octanol–water partition coefficient (Wildman–Crippen LogP) is 3.62. The quantitative estimate of drug-likeness (QED) is 0.446. The molecule has 1 heterocycles. The second kappa shape index (κ2) is 13.5. The van der Waals surface area contributed by atoms with Crippen LogP contribution >= 0.6 is 0 Å². The minimum Gasteiger partial charge on any atom is -0.495 e. The zero-order valence-corrected chi connectivity index (χ0v) is 24.0. The lowest BCUT2D eigenvalue weighted by atomic mass is 9.94. The summed E-state index contributed by atoms with van der Waals surface area (Å²) in [7, 11) is 1.53. The molecule has 212 valence electrons. The van der Waals surface area contributed by atoms with Gasteiger partial charge in [0.1, 0.15) is 23.4 Å². The van der Waals surface area contributed by atoms with Crippen molar-refractivity contribution in [2.75, 3.05) is 25.5 Å². The van der Waals surface area contributed by atoms with Crippen molar-refractivity contribution in [2.24, 2.45) is 11.8 Å². The fraction of sp³-hybridized carbons (Fsp3) is 0.643. The number of nitrogens with one attached hydrogen (secondary N) is 3. The van der Waals surface area contributed by atoms with Crippen molar-refractivity contribution in [3.63, 3.8) is 0 Å². The van der Waals surface area contributed by atoms with Crippen LogP contribution in [0.5, 0.6) is 5.75 Å². The summed E-state index contributed by atoms with van der Waals surface area (Å²) in [6.45, 7) is 13.6. The van der Waals surface area contributed by atoms with Crippen LogP contribution < -0.4 is 20.7 Å². The normalized spacial score (nSPS) is 15.9. The second-order valence-electron chi connectivity index (χ2n) is 11.4. The number of likely N-dealkylation sites (tertiary alicyclic amines) is 1. The second-order valence-corrected chi connectivity index (χ2v) is 11.4. The maximum Gasteiger partial charge on any atom is 0.408 e. The van der Waals surface area contributed by atoms with Crippen molar-refractivity contribution < 1.29 is 28.7 Å². The molecule has 0 radical (unpaired) electrons. The number of methoxy groups -OCH3 is 1. The SMILES string of the molecule is COc1ccc(C)cc1NC(=O)C(C)NC(=O)C1CCN(C(=O)C(CC(C)C)NC(=O)OC(C)(C)C)CC1. The molecule has 0 bridgehead atoms. The van der Waals surface area contributed by atoms with Gasteiger partial charge in [-0.1, -0.05) is 19.9 Å². The minimum atomic E-state index is -0.749. The largest absolute Gasteiger partial charge is 0.495 e. The summed E-state index contributed by atoms with van der Waals surface area (Å²) in [6.07, 6.45) is 0.801. The van der Waals surface area contributed by atoms with E-state index in [1.807, 2.05) is 32.9 Å². The van der Waals surface area contributed by atoms with Gasteiger partial charge in [0.2, 0.25) is 17.7 Å². The summed E-state index contributed by atoms with van der Waals surface area (Å²) in [5.74, 6) is -0.333. The molecule has 38 heavy (non-hydrogen) atoms. The average Bonchev–Trinajstić information content (AvgIpc) is 2.81. The molecule has 2 unspecified atom stereocenters. The number of amides is 4. The van der Waals surface area contributed by atoms with Gasteiger partial charge in [0, 0.05) is 19.0 Å². The number of ether oxygens (including phenoxy) is 2. The summed E-state index contributed by atoms with van der Waals surface area (Å²) in [4.78, 5) is 52.8. The number of anilines is 1. The van der Waals surface area contributed by atoms with E-state index in [-0.39, 0.29) is 29.6 Å². The van der Waals surface area contributed by atoms with Gasteiger partial charge in [-0.05, 0) is 77.5 Å². The van der Waals surface area contributed by atoms with E-state index in [9.17, 15) is 19.2 Å². The van der Waals surface area contributed by atoms with Gasteiger partial charge in [-0.2, -0.15) is 0 Å². The molecule has 1 aliphatic rings. The first-order valence-corrected chi connectivity index (χ1v) is 13.2. The molecule has 1 saturated heterocycles. The van der Waals surface area contributed by atoms with E-state index in [0.717, 1.165) is 5.56 Å². The van der Waals surface area contributed by atoms with Gasteiger partial charge in [-0.15, -0.1) is 0 Å². The molecular formula is C28H44N4O6. The number of rotatable bonds is 9. The maximum atomic E-state index is 13.2. The predicted molar refractivity (Wildman–Crippen MR) is 146 cm³/mol. The number of hydrogen-bond acceptors (Lipinski definition) is 6. The van der Waals surface area contributed by atoms with Crippen molar-refractivity contribution in [3.8, 4) is 5.75 Å². The van der Waals surface area contributed by atoms with Gasteiger partial charge < -0.3 is 30.3 Å². The van der Waals surface area contributed by atoms with Gasteiger partial charge in [-0.3, -0.25) is 14.4 Å². The Morgan fingerprint density at radius 1 is 1.05 bits per heavy atom. The molecule has 4 amide bonds. The molecule has 1 aliphatic heterocycles. The van der Waals surface area contributed by atoms with Crippen LogP contribution in [-0.2, 0) is 19.1 Å². The number of alkyl carbamates (subject to hydrolysis) is 1. The first kappa shape index (κ1) is 30.9. The molecule has 2 atom stereocenters. The van der Waals surface area contributed by atoms with Gasteiger partial charge in [0.05, 0.1) is 12.8 Å². The smallest absolute Gasteiger partial charge is 0.408 e. The first-order chi connectivity index (χ1) is 17.7. The number of piperidine rings is 1. The first-order valence-electron chi connectivity index (χ1n) is 13.2. The van der Waals surface area contributed by atoms with Crippen LogP contribution in [0, 0.1) is 18.8 Å². The summed E-state index contributed by atoms with van der Waals surface area (Å²) < 4.78 is 10.6. The molecular weight excluding hydrogens is 488 g/mol. The molecule has 10 nitrogen and oxygen atoms in total. The number of carbonyl (C=O) groups is 4. The number of nitrogens with zero attached hydrogens (tertiary/aromatic N) is 1. The highest BCUT2D eigenvalue weighted by atomic mass is 16.6. The summed E-state index contributed by atoms with van der Waals surface area (Å²) in [5.41, 5.74) is 0.846. The van der Waals surface area contributed by atoms with E-state index in [2.05, 4.69) is 16.0 Å². The molecule has 0 aromatic heterocycles. The number of hydrogen-bond donors (Lipinski definition) is 3. The summed E-state index contributed by atoms with van der Waals surface area (Å²) >= 11 is 0. The average molecular weight is 533 g/mol. The highest BCUT2D eigenvalue weighted by Crippen LogP contribution is 2.25.